The maximum atomic E-state index is 14.3. The highest BCUT2D eigenvalue weighted by Gasteiger charge is 2.34. The van der Waals surface area contributed by atoms with E-state index in [-0.39, 0.29) is 25.0 Å². The number of carbonyl (C=O) groups excluding carboxylic acids is 3. The molecule has 12 heteroatoms. The van der Waals surface area contributed by atoms with Crippen molar-refractivity contribution < 1.29 is 23.5 Å². The van der Waals surface area contributed by atoms with Gasteiger partial charge in [0.2, 0.25) is 0 Å². The molecule has 0 spiro atoms. The third-order valence-electron chi connectivity index (χ3n) is 7.57. The average Bonchev–Trinajstić information content (AvgIpc) is 3.40. The molecular formula is C32H31FN6O4S. The zero-order valence-electron chi connectivity index (χ0n) is 24.2. The standard InChI is InChI=1S/C32H31FN6O4S/c1-19-17-22(43-21-8-4-3-5-9-21)10-11-24(19)39-25-13-15-35-30-26(25)27(37-32(39)42)28(44-30)29(40)36-20-7-6-16-38(18-20)31(41)23(33)12-14-34-2/h3-5,8-13,15,17,20,34H,6-7,14,16,18H2,1-2H3,(H,36,40)(H,37,42). The minimum atomic E-state index is -0.820. The predicted molar refractivity (Wildman–Crippen MR) is 169 cm³/mol. The number of likely N-dealkylation sites (tertiary alicyclic amines) is 1. The van der Waals surface area contributed by atoms with Crippen LogP contribution in [-0.2, 0) is 4.79 Å². The second-order valence-corrected chi connectivity index (χ2v) is 11.6. The van der Waals surface area contributed by atoms with E-state index in [0.29, 0.717) is 63.0 Å². The van der Waals surface area contributed by atoms with E-state index < -0.39 is 17.8 Å². The predicted octanol–water partition coefficient (Wildman–Crippen LogP) is 5.87. The molecule has 1 fully saturated rings. The molecule has 2 aromatic heterocycles. The smallest absolute Gasteiger partial charge is 0.331 e. The molecule has 1 saturated heterocycles. The van der Waals surface area contributed by atoms with Crippen LogP contribution in [0, 0.1) is 6.92 Å². The number of ether oxygens (including phenoxy) is 1. The number of anilines is 3. The Morgan fingerprint density at radius 1 is 1.16 bits per heavy atom. The van der Waals surface area contributed by atoms with Gasteiger partial charge in [-0.3, -0.25) is 14.5 Å². The molecule has 4 amide bonds. The van der Waals surface area contributed by atoms with Crippen molar-refractivity contribution in [2.75, 3.05) is 36.9 Å². The molecule has 6 rings (SSSR count). The van der Waals surface area contributed by atoms with Crippen molar-refractivity contribution in [2.45, 2.75) is 25.8 Å². The van der Waals surface area contributed by atoms with E-state index in [1.54, 1.807) is 24.2 Å². The van der Waals surface area contributed by atoms with E-state index in [9.17, 15) is 18.8 Å². The molecule has 1 unspecified atom stereocenters. The number of benzene rings is 2. The highest BCUT2D eigenvalue weighted by Crippen LogP contribution is 2.46. The molecule has 2 aliphatic heterocycles. The number of nitrogens with zero attached hydrogens (tertiary/aromatic N) is 3. The van der Waals surface area contributed by atoms with Gasteiger partial charge in [-0.05, 0) is 74.9 Å². The highest BCUT2D eigenvalue weighted by molar-refractivity contribution is 7.21. The van der Waals surface area contributed by atoms with E-state index in [0.717, 1.165) is 5.56 Å². The second-order valence-electron chi connectivity index (χ2n) is 10.6. The van der Waals surface area contributed by atoms with E-state index in [1.807, 2.05) is 55.5 Å². The SMILES string of the molecule is CNCC=C(F)C(=O)N1CCCC(NC(=O)c2sc3nccc4c3c2NC(=O)N4c2ccc(Oc3ccccc3)cc2C)C1. The molecule has 44 heavy (non-hydrogen) atoms. The van der Waals surface area contributed by atoms with Crippen molar-refractivity contribution in [1.82, 2.24) is 20.5 Å². The minimum absolute atomic E-state index is 0.193. The third kappa shape index (κ3) is 5.73. The summed E-state index contributed by atoms with van der Waals surface area (Å²) in [5, 5.41) is 9.36. The third-order valence-corrected chi connectivity index (χ3v) is 8.67. The summed E-state index contributed by atoms with van der Waals surface area (Å²) in [6.45, 7) is 2.76. The molecule has 2 aliphatic rings. The van der Waals surface area contributed by atoms with Crippen LogP contribution in [0.5, 0.6) is 11.5 Å². The summed E-state index contributed by atoms with van der Waals surface area (Å²) in [7, 11) is 1.67. The number of likely N-dealkylation sites (N-methyl/N-ethyl adjacent to an activating group) is 1. The Bertz CT molecular complexity index is 1780. The molecule has 0 bridgehead atoms. The molecule has 0 radical (unpaired) electrons. The lowest BCUT2D eigenvalue weighted by atomic mass is 10.0. The van der Waals surface area contributed by atoms with Crippen LogP contribution in [0.1, 0.15) is 28.1 Å². The average molecular weight is 615 g/mol. The van der Waals surface area contributed by atoms with Gasteiger partial charge < -0.3 is 25.6 Å². The fourth-order valence-corrected chi connectivity index (χ4v) is 6.53. The molecule has 3 N–H and O–H groups in total. The Morgan fingerprint density at radius 3 is 2.75 bits per heavy atom. The first-order valence-electron chi connectivity index (χ1n) is 14.3. The molecule has 0 saturated carbocycles. The Balaban J connectivity index is 1.24. The summed E-state index contributed by atoms with van der Waals surface area (Å²) < 4.78 is 20.3. The van der Waals surface area contributed by atoms with Crippen molar-refractivity contribution in [3.8, 4) is 11.5 Å². The summed E-state index contributed by atoms with van der Waals surface area (Å²) in [5.41, 5.74) is 2.51. The number of thiophene rings is 1. The maximum absolute atomic E-state index is 14.3. The van der Waals surface area contributed by atoms with Gasteiger partial charge in [-0.1, -0.05) is 18.2 Å². The van der Waals surface area contributed by atoms with Crippen molar-refractivity contribution in [3.05, 3.63) is 83.1 Å². The lowest BCUT2D eigenvalue weighted by Crippen LogP contribution is -2.49. The number of halogens is 1. The summed E-state index contributed by atoms with van der Waals surface area (Å²) in [6, 6.07) is 15.9. The van der Waals surface area contributed by atoms with Gasteiger partial charge in [0.15, 0.2) is 5.83 Å². The summed E-state index contributed by atoms with van der Waals surface area (Å²) in [6.07, 6.45) is 4.09. The first-order chi connectivity index (χ1) is 21.3. The number of aromatic nitrogens is 1. The number of urea groups is 1. The highest BCUT2D eigenvalue weighted by atomic mass is 32.1. The normalized spacial score (nSPS) is 16.6. The zero-order valence-corrected chi connectivity index (χ0v) is 25.0. The Labute approximate surface area is 257 Å². The van der Waals surface area contributed by atoms with Gasteiger partial charge in [0.25, 0.3) is 11.8 Å². The zero-order chi connectivity index (χ0) is 30.8. The van der Waals surface area contributed by atoms with Crippen LogP contribution < -0.4 is 25.6 Å². The van der Waals surface area contributed by atoms with Gasteiger partial charge in [-0.25, -0.2) is 14.2 Å². The van der Waals surface area contributed by atoms with Gasteiger partial charge in [0.05, 0.1) is 22.4 Å². The molecule has 10 nitrogen and oxygen atoms in total. The first kappa shape index (κ1) is 29.3. The van der Waals surface area contributed by atoms with E-state index in [4.69, 9.17) is 4.74 Å². The maximum Gasteiger partial charge on any atom is 0.331 e. The van der Waals surface area contributed by atoms with Gasteiger partial charge in [0.1, 0.15) is 21.2 Å². The number of piperidine rings is 1. The van der Waals surface area contributed by atoms with Crippen molar-refractivity contribution in [3.63, 3.8) is 0 Å². The molecule has 1 atom stereocenters. The lowest BCUT2D eigenvalue weighted by molar-refractivity contribution is -0.130. The molecule has 4 heterocycles. The minimum Gasteiger partial charge on any atom is -0.457 e. The number of hydrogen-bond donors (Lipinski definition) is 3. The number of nitrogens with one attached hydrogen (secondary N) is 3. The van der Waals surface area contributed by atoms with Crippen LogP contribution in [0.2, 0.25) is 0 Å². The van der Waals surface area contributed by atoms with Gasteiger partial charge in [0, 0.05) is 31.9 Å². The van der Waals surface area contributed by atoms with Gasteiger partial charge in [-0.2, -0.15) is 0 Å². The molecular weight excluding hydrogens is 583 g/mol. The molecule has 2 aromatic carbocycles. The number of pyridine rings is 1. The lowest BCUT2D eigenvalue weighted by Gasteiger charge is -2.33. The Hall–Kier alpha value is -4.81. The molecule has 0 aliphatic carbocycles. The summed E-state index contributed by atoms with van der Waals surface area (Å²) >= 11 is 1.19. The van der Waals surface area contributed by atoms with E-state index in [2.05, 4.69) is 20.9 Å². The number of rotatable bonds is 8. The van der Waals surface area contributed by atoms with Crippen LogP contribution in [0.4, 0.5) is 26.2 Å². The number of carbonyl (C=O) groups is 3. The van der Waals surface area contributed by atoms with Crippen LogP contribution in [0.3, 0.4) is 0 Å². The number of aryl methyl sites for hydroxylation is 1. The molecule has 4 aromatic rings. The monoisotopic (exact) mass is 614 g/mol. The number of amides is 4. The van der Waals surface area contributed by atoms with Crippen molar-refractivity contribution in [2.24, 2.45) is 0 Å². The van der Waals surface area contributed by atoms with E-state index in [1.165, 1.54) is 22.3 Å². The van der Waals surface area contributed by atoms with Crippen LogP contribution in [-0.4, -0.2) is 60.5 Å². The fraction of sp³-hybridized carbons (Fsp3) is 0.250. The largest absolute Gasteiger partial charge is 0.457 e. The summed E-state index contributed by atoms with van der Waals surface area (Å²) in [4.78, 5) is 48.1. The Kier molecular flexibility index (Phi) is 8.27. The number of hydrogen-bond acceptors (Lipinski definition) is 7. The van der Waals surface area contributed by atoms with Crippen LogP contribution in [0.25, 0.3) is 10.2 Å². The van der Waals surface area contributed by atoms with Crippen molar-refractivity contribution >= 4 is 56.5 Å². The second kappa shape index (κ2) is 12.4. The van der Waals surface area contributed by atoms with Crippen molar-refractivity contribution in [1.29, 1.82) is 0 Å². The van der Waals surface area contributed by atoms with Crippen LogP contribution in [0.15, 0.2) is 72.7 Å². The van der Waals surface area contributed by atoms with Crippen LogP contribution >= 0.6 is 11.3 Å². The van der Waals surface area contributed by atoms with Gasteiger partial charge in [-0.15, -0.1) is 11.3 Å². The van der Waals surface area contributed by atoms with E-state index >= 15 is 0 Å². The number of para-hydroxylation sites is 1. The summed E-state index contributed by atoms with van der Waals surface area (Å²) in [5.74, 6) is -0.538. The topological polar surface area (TPSA) is 116 Å². The first-order valence-corrected chi connectivity index (χ1v) is 15.1. The quantitative estimate of drug-likeness (QED) is 0.214. The Morgan fingerprint density at radius 2 is 1.98 bits per heavy atom. The fourth-order valence-electron chi connectivity index (χ4n) is 5.51. The molecule has 226 valence electrons. The van der Waals surface area contributed by atoms with Gasteiger partial charge >= 0.3 is 6.03 Å².